The van der Waals surface area contributed by atoms with Gasteiger partial charge in [-0.25, -0.2) is 0 Å². The number of fused-ring (bicyclic) bond motifs is 1. The second kappa shape index (κ2) is 7.95. The molecule has 2 atom stereocenters. The summed E-state index contributed by atoms with van der Waals surface area (Å²) in [6, 6.07) is 9.82. The minimum absolute atomic E-state index is 0.0730. The molecule has 3 nitrogen and oxygen atoms in total. The zero-order valence-corrected chi connectivity index (χ0v) is 17.4. The Morgan fingerprint density at radius 2 is 1.38 bits per heavy atom. The third kappa shape index (κ3) is 4.39. The Bertz CT molecular complexity index is 1040. The van der Waals surface area contributed by atoms with Crippen LogP contribution in [0.1, 0.15) is 28.3 Å². The molecular weight excluding hydrogens is 432 g/mol. The number of hydrazone groups is 1. The van der Waals surface area contributed by atoms with Crippen molar-refractivity contribution in [2.75, 3.05) is 27.2 Å². The van der Waals surface area contributed by atoms with E-state index in [1.807, 2.05) is 13.1 Å². The second-order valence-corrected chi connectivity index (χ2v) is 8.22. The van der Waals surface area contributed by atoms with E-state index in [0.29, 0.717) is 18.7 Å². The molecule has 1 fully saturated rings. The first kappa shape index (κ1) is 22.4. The smallest absolute Gasteiger partial charge is 0.301 e. The summed E-state index contributed by atoms with van der Waals surface area (Å²) in [5.74, 6) is -0.0730. The summed E-state index contributed by atoms with van der Waals surface area (Å²) in [5.41, 5.74) is 1.64. The number of piperidine rings is 1. The van der Waals surface area contributed by atoms with E-state index in [0.717, 1.165) is 41.1 Å². The van der Waals surface area contributed by atoms with E-state index in [4.69, 9.17) is 0 Å². The van der Waals surface area contributed by atoms with E-state index in [-0.39, 0.29) is 12.0 Å². The lowest BCUT2D eigenvalue weighted by Gasteiger charge is -2.34. The van der Waals surface area contributed by atoms with Crippen molar-refractivity contribution in [3.05, 3.63) is 76.4 Å². The van der Waals surface area contributed by atoms with Gasteiger partial charge < -0.3 is 4.90 Å². The summed E-state index contributed by atoms with van der Waals surface area (Å²) in [6.45, 7) is 1.24. The lowest BCUT2D eigenvalue weighted by Crippen LogP contribution is -2.41. The van der Waals surface area contributed by atoms with Gasteiger partial charge in [0.1, 0.15) is 0 Å². The Labute approximate surface area is 181 Å². The van der Waals surface area contributed by atoms with Gasteiger partial charge in [-0.3, -0.25) is 5.01 Å². The minimum Gasteiger partial charge on any atom is -0.301 e. The molecule has 170 valence electrons. The fourth-order valence-corrected chi connectivity index (χ4v) is 4.38. The van der Waals surface area contributed by atoms with Crippen LogP contribution in [0, 0.1) is 5.92 Å². The first-order valence-corrected chi connectivity index (χ1v) is 9.99. The summed E-state index contributed by atoms with van der Waals surface area (Å²) < 4.78 is 77.3. The Balaban J connectivity index is 1.62. The van der Waals surface area contributed by atoms with Gasteiger partial charge >= 0.3 is 12.4 Å². The van der Waals surface area contributed by atoms with Crippen LogP contribution >= 0.6 is 0 Å². The van der Waals surface area contributed by atoms with Gasteiger partial charge in [0.25, 0.3) is 0 Å². The molecule has 4 rings (SSSR count). The number of rotatable bonds is 2. The van der Waals surface area contributed by atoms with Crippen molar-refractivity contribution in [1.29, 1.82) is 0 Å². The predicted molar refractivity (Wildman–Crippen MR) is 110 cm³/mol. The summed E-state index contributed by atoms with van der Waals surface area (Å²) >= 11 is 0. The second-order valence-electron chi connectivity index (χ2n) is 8.22. The van der Waals surface area contributed by atoms with Crippen LogP contribution in [0.2, 0.25) is 0 Å². The largest absolute Gasteiger partial charge is 0.416 e. The molecule has 2 aromatic carbocycles. The number of alkyl halides is 6. The zero-order valence-electron chi connectivity index (χ0n) is 17.4. The van der Waals surface area contributed by atoms with E-state index in [9.17, 15) is 26.3 Å². The van der Waals surface area contributed by atoms with Crippen molar-refractivity contribution in [2.45, 2.75) is 18.4 Å². The maximum atomic E-state index is 12.9. The molecule has 2 heterocycles. The molecule has 0 N–H and O–H groups in total. The van der Waals surface area contributed by atoms with Gasteiger partial charge in [0, 0.05) is 26.1 Å². The molecule has 0 bridgehead atoms. The Morgan fingerprint density at radius 3 is 1.91 bits per heavy atom. The molecule has 0 aliphatic carbocycles. The molecular formula is C23H21F6N3. The van der Waals surface area contributed by atoms with Crippen LogP contribution in [0.3, 0.4) is 0 Å². The van der Waals surface area contributed by atoms with Gasteiger partial charge in [-0.15, -0.1) is 0 Å². The molecule has 9 heteroatoms. The molecule has 0 radical (unpaired) electrons. The molecule has 0 unspecified atom stereocenters. The van der Waals surface area contributed by atoms with Crippen LogP contribution < -0.4 is 0 Å². The van der Waals surface area contributed by atoms with Crippen LogP contribution in [-0.2, 0) is 12.4 Å². The maximum absolute atomic E-state index is 12.9. The van der Waals surface area contributed by atoms with Crippen molar-refractivity contribution in [1.82, 2.24) is 9.91 Å². The van der Waals surface area contributed by atoms with Gasteiger partial charge in [-0.1, -0.05) is 24.3 Å². The fraction of sp³-hybridized carbons (Fsp3) is 0.348. The third-order valence-corrected chi connectivity index (χ3v) is 5.84. The van der Waals surface area contributed by atoms with E-state index < -0.39 is 23.5 Å². The number of likely N-dealkylation sites (tertiary alicyclic amines) is 1. The van der Waals surface area contributed by atoms with E-state index in [2.05, 4.69) is 10.0 Å². The fourth-order valence-electron chi connectivity index (χ4n) is 4.38. The Morgan fingerprint density at radius 1 is 0.844 bits per heavy atom. The quantitative estimate of drug-likeness (QED) is 0.543. The summed E-state index contributed by atoms with van der Waals surface area (Å²) in [4.78, 5) is 2.08. The predicted octanol–water partition coefficient (Wildman–Crippen LogP) is 5.71. The van der Waals surface area contributed by atoms with Crippen molar-refractivity contribution in [3.63, 3.8) is 0 Å². The maximum Gasteiger partial charge on any atom is 0.416 e. The molecule has 1 saturated heterocycles. The standard InChI is InChI=1S/C23H21F6N3/c1-31-12-16(11-14-3-7-17(8-4-14)22(24,25)26)20-19(13-31)21(32(2)30-20)15-5-9-18(10-6-15)23(27,28)29/h3-11,19,21H,12-13H2,1-2H3/b16-11+/t19-,21+/m0/s1. The van der Waals surface area contributed by atoms with Crippen LogP contribution in [0.5, 0.6) is 0 Å². The van der Waals surface area contributed by atoms with E-state index in [1.54, 1.807) is 12.1 Å². The normalized spacial score (nSPS) is 23.4. The van der Waals surface area contributed by atoms with Crippen molar-refractivity contribution < 1.29 is 26.3 Å². The molecule has 0 spiro atoms. The number of hydrogen-bond donors (Lipinski definition) is 0. The van der Waals surface area contributed by atoms with Crippen LogP contribution in [0.25, 0.3) is 6.08 Å². The topological polar surface area (TPSA) is 18.8 Å². The highest BCUT2D eigenvalue weighted by molar-refractivity contribution is 6.07. The molecule has 0 saturated carbocycles. The van der Waals surface area contributed by atoms with Crippen LogP contribution in [0.15, 0.2) is 59.2 Å². The molecule has 2 aliphatic rings. The number of hydrogen-bond acceptors (Lipinski definition) is 3. The highest BCUT2D eigenvalue weighted by Crippen LogP contribution is 2.40. The number of halogens is 6. The molecule has 32 heavy (non-hydrogen) atoms. The summed E-state index contributed by atoms with van der Waals surface area (Å²) in [7, 11) is 3.71. The monoisotopic (exact) mass is 453 g/mol. The van der Waals surface area contributed by atoms with Gasteiger partial charge in [0.15, 0.2) is 0 Å². The minimum atomic E-state index is -4.40. The van der Waals surface area contributed by atoms with Gasteiger partial charge in [-0.2, -0.15) is 31.4 Å². The first-order chi connectivity index (χ1) is 14.9. The SMILES string of the molecule is CN1C/C(=C\c2ccc(C(F)(F)F)cc2)C2=NN(C)[C@H](c3ccc(C(F)(F)F)cc3)[C@H]2C1. The molecule has 0 amide bonds. The third-order valence-electron chi connectivity index (χ3n) is 5.84. The molecule has 2 aromatic rings. The lowest BCUT2D eigenvalue weighted by molar-refractivity contribution is -0.138. The van der Waals surface area contributed by atoms with Crippen molar-refractivity contribution in [3.8, 4) is 0 Å². The van der Waals surface area contributed by atoms with Crippen LogP contribution in [-0.4, -0.2) is 42.8 Å². The highest BCUT2D eigenvalue weighted by atomic mass is 19.4. The van der Waals surface area contributed by atoms with Gasteiger partial charge in [0.2, 0.25) is 0 Å². The zero-order chi connectivity index (χ0) is 23.3. The lowest BCUT2D eigenvalue weighted by atomic mass is 9.83. The number of benzene rings is 2. The van der Waals surface area contributed by atoms with Crippen molar-refractivity contribution >= 4 is 11.8 Å². The summed E-state index contributed by atoms with van der Waals surface area (Å²) in [6.07, 6.45) is -6.97. The average molecular weight is 453 g/mol. The number of likely N-dealkylation sites (N-methyl/N-ethyl adjacent to an activating group) is 1. The first-order valence-electron chi connectivity index (χ1n) is 9.99. The average Bonchev–Trinajstić information content (AvgIpc) is 3.03. The highest BCUT2D eigenvalue weighted by Gasteiger charge is 2.42. The number of nitrogens with zero attached hydrogens (tertiary/aromatic N) is 3. The Hall–Kier alpha value is -2.81. The van der Waals surface area contributed by atoms with E-state index in [1.165, 1.54) is 24.3 Å². The Kier molecular flexibility index (Phi) is 5.56. The van der Waals surface area contributed by atoms with Gasteiger partial charge in [0.05, 0.1) is 22.9 Å². The summed E-state index contributed by atoms with van der Waals surface area (Å²) in [5, 5.41) is 6.41. The molecule has 0 aromatic heterocycles. The van der Waals surface area contributed by atoms with Crippen LogP contribution in [0.4, 0.5) is 26.3 Å². The van der Waals surface area contributed by atoms with E-state index >= 15 is 0 Å². The van der Waals surface area contributed by atoms with Crippen molar-refractivity contribution in [2.24, 2.45) is 11.0 Å². The van der Waals surface area contributed by atoms with Gasteiger partial charge in [-0.05, 0) is 54.1 Å². The molecule has 2 aliphatic heterocycles.